The largest absolute Gasteiger partial charge is 0.136 e. The maximum atomic E-state index is 3.48. The third-order valence-electron chi connectivity index (χ3n) is 3.51. The summed E-state index contributed by atoms with van der Waals surface area (Å²) < 4.78 is 0. The molecule has 0 nitrogen and oxygen atoms in total. The van der Waals surface area contributed by atoms with Crippen LogP contribution in [0.25, 0.3) is 12.2 Å². The van der Waals surface area contributed by atoms with Gasteiger partial charge in [-0.25, -0.2) is 0 Å². The average Bonchev–Trinajstić information content (AvgIpc) is 3.03. The van der Waals surface area contributed by atoms with E-state index >= 15 is 0 Å². The van der Waals surface area contributed by atoms with Crippen LogP contribution in [0.3, 0.4) is 0 Å². The smallest absolute Gasteiger partial charge is 0.129 e. The Balaban J connectivity index is 3.45. The Bertz CT molecular complexity index is 993. The minimum absolute atomic E-state index is 0.925. The summed E-state index contributed by atoms with van der Waals surface area (Å²) in [7, 11) is -5.87. The predicted octanol–water partition coefficient (Wildman–Crippen LogP) is 8.04. The van der Waals surface area contributed by atoms with Crippen LogP contribution in [-0.4, -0.2) is 32.3 Å². The Morgan fingerprint density at radius 2 is 0.758 bits per heavy atom. The highest BCUT2D eigenvalue weighted by molar-refractivity contribution is 7.13. The Morgan fingerprint density at radius 1 is 0.515 bits per heavy atom. The van der Waals surface area contributed by atoms with Gasteiger partial charge in [0.2, 0.25) is 0 Å². The summed E-state index contributed by atoms with van der Waals surface area (Å²) in [4.78, 5) is 2.34. The van der Waals surface area contributed by atoms with Crippen LogP contribution in [0.2, 0.25) is 78.6 Å². The van der Waals surface area contributed by atoms with Crippen LogP contribution in [0.4, 0.5) is 0 Å². The number of thiophene rings is 1. The van der Waals surface area contributed by atoms with Gasteiger partial charge in [0.15, 0.2) is 0 Å². The van der Waals surface area contributed by atoms with Crippen molar-refractivity contribution in [1.29, 1.82) is 0 Å². The van der Waals surface area contributed by atoms with Gasteiger partial charge in [-0.1, -0.05) is 102 Å². The van der Waals surface area contributed by atoms with E-state index in [1.807, 2.05) is 0 Å². The zero-order valence-electron chi connectivity index (χ0n) is 22.7. The molecule has 174 valence electrons. The highest BCUT2D eigenvalue weighted by Crippen LogP contribution is 2.22. The first-order valence-electron chi connectivity index (χ1n) is 11.5. The summed E-state index contributed by atoms with van der Waals surface area (Å²) in [5.41, 5.74) is 15.8. The average molecular weight is 521 g/mol. The van der Waals surface area contributed by atoms with Crippen LogP contribution in [0.1, 0.15) is 9.75 Å². The van der Waals surface area contributed by atoms with Crippen LogP contribution in [0, 0.1) is 45.9 Å². The van der Waals surface area contributed by atoms with Crippen molar-refractivity contribution in [2.24, 2.45) is 0 Å². The Hall–Kier alpha value is -1.71. The maximum absolute atomic E-state index is 3.48. The van der Waals surface area contributed by atoms with Crippen molar-refractivity contribution in [2.75, 3.05) is 0 Å². The molecular formula is C28H40SSi4. The third-order valence-corrected chi connectivity index (χ3v) is 7.99. The van der Waals surface area contributed by atoms with Crippen molar-refractivity contribution < 1.29 is 0 Å². The minimum atomic E-state index is -1.47. The molecule has 0 atom stereocenters. The molecule has 0 aliphatic rings. The van der Waals surface area contributed by atoms with E-state index in [-0.39, 0.29) is 0 Å². The number of hydrogen-bond donors (Lipinski definition) is 0. The number of rotatable bonds is 2. The SMILES string of the molecule is C[Si](C)(C)C#CC(C#C[Si](C)(C)C)=Cc1ccc(C=C(C#C[Si](C)(C)C)C#C[Si](C)(C)C)s1. The second kappa shape index (κ2) is 11.6. The summed E-state index contributed by atoms with van der Waals surface area (Å²) >= 11 is 1.74. The van der Waals surface area contributed by atoms with E-state index in [0.29, 0.717) is 0 Å². The molecule has 0 aromatic carbocycles. The lowest BCUT2D eigenvalue weighted by Gasteiger charge is -2.04. The molecule has 0 spiro atoms. The van der Waals surface area contributed by atoms with Gasteiger partial charge in [-0.2, -0.15) is 0 Å². The van der Waals surface area contributed by atoms with E-state index in [0.717, 1.165) is 11.1 Å². The van der Waals surface area contributed by atoms with Crippen LogP contribution >= 0.6 is 11.3 Å². The molecule has 0 saturated heterocycles. The molecule has 1 aromatic rings. The lowest BCUT2D eigenvalue weighted by atomic mass is 10.2. The molecule has 0 radical (unpaired) electrons. The summed E-state index contributed by atoms with van der Waals surface area (Å²) in [6.07, 6.45) is 4.28. The van der Waals surface area contributed by atoms with E-state index < -0.39 is 32.3 Å². The van der Waals surface area contributed by atoms with Crippen LogP contribution in [-0.2, 0) is 0 Å². The summed E-state index contributed by atoms with van der Waals surface area (Å²) in [5, 5.41) is 0. The van der Waals surface area contributed by atoms with Crippen molar-refractivity contribution in [2.45, 2.75) is 78.6 Å². The molecule has 0 amide bonds. The highest BCUT2D eigenvalue weighted by Gasteiger charge is 2.11. The molecule has 1 aromatic heterocycles. The summed E-state index contributed by atoms with van der Waals surface area (Å²) in [5.74, 6) is 13.5. The summed E-state index contributed by atoms with van der Waals surface area (Å²) in [6, 6.07) is 4.30. The molecule has 1 rings (SSSR count). The first-order valence-corrected chi connectivity index (χ1v) is 26.3. The fourth-order valence-electron chi connectivity index (χ4n) is 2.03. The van der Waals surface area contributed by atoms with E-state index in [1.165, 1.54) is 9.75 Å². The molecule has 0 unspecified atom stereocenters. The van der Waals surface area contributed by atoms with Gasteiger partial charge in [0.1, 0.15) is 32.3 Å². The molecule has 0 N–H and O–H groups in total. The van der Waals surface area contributed by atoms with Crippen LogP contribution in [0.15, 0.2) is 23.3 Å². The Morgan fingerprint density at radius 3 is 0.970 bits per heavy atom. The van der Waals surface area contributed by atoms with Gasteiger partial charge in [0.25, 0.3) is 0 Å². The first-order chi connectivity index (χ1) is 14.8. The molecule has 0 saturated carbocycles. The first kappa shape index (κ1) is 29.3. The minimum Gasteiger partial charge on any atom is -0.136 e. The Kier molecular flexibility index (Phi) is 10.3. The third kappa shape index (κ3) is 15.7. The van der Waals surface area contributed by atoms with Gasteiger partial charge in [0.05, 0.1) is 11.1 Å². The van der Waals surface area contributed by atoms with E-state index in [9.17, 15) is 0 Å². The van der Waals surface area contributed by atoms with Gasteiger partial charge in [-0.3, -0.25) is 0 Å². The quantitative estimate of drug-likeness (QED) is 0.273. The fraction of sp³-hybridized carbons (Fsp3) is 0.429. The van der Waals surface area contributed by atoms with Gasteiger partial charge in [-0.05, 0) is 24.3 Å². The molecule has 5 heteroatoms. The lowest BCUT2D eigenvalue weighted by Crippen LogP contribution is -2.17. The Labute approximate surface area is 212 Å². The lowest BCUT2D eigenvalue weighted by molar-refractivity contribution is 1.79. The molecule has 0 bridgehead atoms. The maximum Gasteiger partial charge on any atom is 0.129 e. The van der Waals surface area contributed by atoms with E-state index in [4.69, 9.17) is 0 Å². The van der Waals surface area contributed by atoms with Crippen molar-refractivity contribution in [3.8, 4) is 45.9 Å². The van der Waals surface area contributed by atoms with Crippen molar-refractivity contribution in [3.63, 3.8) is 0 Å². The van der Waals surface area contributed by atoms with Crippen molar-refractivity contribution >= 4 is 55.8 Å². The zero-order valence-corrected chi connectivity index (χ0v) is 27.5. The predicted molar refractivity (Wildman–Crippen MR) is 165 cm³/mol. The van der Waals surface area contributed by atoms with Gasteiger partial charge in [0, 0.05) is 9.75 Å². The second-order valence-electron chi connectivity index (χ2n) is 12.4. The zero-order chi connectivity index (χ0) is 25.5. The number of hydrogen-bond acceptors (Lipinski definition) is 1. The molecular weight excluding hydrogens is 481 g/mol. The molecule has 1 heterocycles. The molecule has 0 aliphatic heterocycles. The monoisotopic (exact) mass is 520 g/mol. The number of allylic oxidation sites excluding steroid dienone is 2. The van der Waals surface area contributed by atoms with Crippen LogP contribution < -0.4 is 0 Å². The molecule has 0 aliphatic carbocycles. The standard InChI is InChI=1S/C28H40SSi4/c1-30(2,3)19-15-25(16-20-31(4,5)6)23-27-13-14-28(29-27)24-26(17-21-32(7,8)9)18-22-33(10,11)12/h13-14,23-24H,1-12H3. The van der Waals surface area contributed by atoms with Gasteiger partial charge < -0.3 is 0 Å². The normalized spacial score (nSPS) is 11.3. The second-order valence-corrected chi connectivity index (χ2v) is 32.5. The van der Waals surface area contributed by atoms with E-state index in [2.05, 4.69) is 149 Å². The van der Waals surface area contributed by atoms with Gasteiger partial charge >= 0.3 is 0 Å². The van der Waals surface area contributed by atoms with Gasteiger partial charge in [-0.15, -0.1) is 33.5 Å². The van der Waals surface area contributed by atoms with E-state index in [1.54, 1.807) is 11.3 Å². The molecule has 33 heavy (non-hydrogen) atoms. The topological polar surface area (TPSA) is 0 Å². The van der Waals surface area contributed by atoms with Crippen LogP contribution in [0.5, 0.6) is 0 Å². The summed E-state index contributed by atoms with van der Waals surface area (Å²) in [6.45, 7) is 27.2. The fourth-order valence-corrected chi connectivity index (χ4v) is 4.97. The van der Waals surface area contributed by atoms with Crippen molar-refractivity contribution in [1.82, 2.24) is 0 Å². The highest BCUT2D eigenvalue weighted by atomic mass is 32.1. The molecule has 0 fully saturated rings. The van der Waals surface area contributed by atoms with Crippen molar-refractivity contribution in [3.05, 3.63) is 33.0 Å².